The molecule has 1 aliphatic rings. The fourth-order valence-corrected chi connectivity index (χ4v) is 4.28. The third-order valence-electron chi connectivity index (χ3n) is 4.40. The number of nitrogens with zero attached hydrogens (tertiary/aromatic N) is 4. The standard InChI is InChI=1S/C18H22N4O3S/c1-21(10-13-7-8-19-12-20-13)18(24)16-6-5-15(26-16)14-4-3-9-22(14)17(23)11-25-2/h5-8,12,14H,3-4,9-11H2,1-2H3/t14-/m1/s1. The smallest absolute Gasteiger partial charge is 0.264 e. The molecular formula is C18H22N4O3S. The molecule has 1 atom stereocenters. The van der Waals surface area contributed by atoms with Crippen LogP contribution in [0.15, 0.2) is 30.7 Å². The Bertz CT molecular complexity index is 765. The van der Waals surface area contributed by atoms with Crippen LogP contribution in [0.2, 0.25) is 0 Å². The van der Waals surface area contributed by atoms with E-state index in [9.17, 15) is 9.59 Å². The van der Waals surface area contributed by atoms with E-state index in [0.717, 1.165) is 30.0 Å². The first-order valence-electron chi connectivity index (χ1n) is 8.48. The van der Waals surface area contributed by atoms with E-state index in [1.54, 1.807) is 24.2 Å². The molecule has 138 valence electrons. The van der Waals surface area contributed by atoms with Gasteiger partial charge in [-0.1, -0.05) is 0 Å². The van der Waals surface area contributed by atoms with Crippen LogP contribution >= 0.6 is 11.3 Å². The van der Waals surface area contributed by atoms with Crippen LogP contribution in [-0.2, 0) is 16.1 Å². The highest BCUT2D eigenvalue weighted by molar-refractivity contribution is 7.14. The number of likely N-dealkylation sites (tertiary alicyclic amines) is 1. The van der Waals surface area contributed by atoms with Crippen molar-refractivity contribution in [3.8, 4) is 0 Å². The van der Waals surface area contributed by atoms with Crippen LogP contribution in [0.4, 0.5) is 0 Å². The summed E-state index contributed by atoms with van der Waals surface area (Å²) >= 11 is 1.46. The number of aromatic nitrogens is 2. The number of hydrogen-bond donors (Lipinski definition) is 0. The van der Waals surface area contributed by atoms with Crippen LogP contribution in [0.5, 0.6) is 0 Å². The summed E-state index contributed by atoms with van der Waals surface area (Å²) in [6.07, 6.45) is 5.02. The van der Waals surface area contributed by atoms with Crippen molar-refractivity contribution < 1.29 is 14.3 Å². The van der Waals surface area contributed by atoms with Crippen molar-refractivity contribution in [2.24, 2.45) is 0 Å². The van der Waals surface area contributed by atoms with Crippen LogP contribution in [0.1, 0.15) is 39.1 Å². The SMILES string of the molecule is COCC(=O)N1CCC[C@@H]1c1ccc(C(=O)N(C)Cc2ccncn2)s1. The highest BCUT2D eigenvalue weighted by atomic mass is 32.1. The quantitative estimate of drug-likeness (QED) is 0.774. The second-order valence-corrected chi connectivity index (χ2v) is 7.36. The Morgan fingerprint density at radius 1 is 1.38 bits per heavy atom. The van der Waals surface area contributed by atoms with Gasteiger partial charge in [0.15, 0.2) is 0 Å². The van der Waals surface area contributed by atoms with Gasteiger partial charge in [0, 0.05) is 31.8 Å². The van der Waals surface area contributed by atoms with Gasteiger partial charge in [-0.3, -0.25) is 9.59 Å². The van der Waals surface area contributed by atoms with Crippen LogP contribution in [0.25, 0.3) is 0 Å². The highest BCUT2D eigenvalue weighted by Gasteiger charge is 2.31. The molecule has 0 radical (unpaired) electrons. The predicted octanol–water partition coefficient (Wildman–Crippen LogP) is 2.12. The van der Waals surface area contributed by atoms with Gasteiger partial charge in [-0.15, -0.1) is 11.3 Å². The number of hydrogen-bond acceptors (Lipinski definition) is 6. The molecule has 0 bridgehead atoms. The molecule has 0 N–H and O–H groups in total. The van der Waals surface area contributed by atoms with E-state index in [1.165, 1.54) is 24.8 Å². The lowest BCUT2D eigenvalue weighted by atomic mass is 10.2. The van der Waals surface area contributed by atoms with E-state index < -0.39 is 0 Å². The summed E-state index contributed by atoms with van der Waals surface area (Å²) in [4.78, 5) is 38.1. The summed E-state index contributed by atoms with van der Waals surface area (Å²) in [7, 11) is 3.28. The zero-order valence-corrected chi connectivity index (χ0v) is 15.7. The second kappa shape index (κ2) is 8.37. The second-order valence-electron chi connectivity index (χ2n) is 6.24. The van der Waals surface area contributed by atoms with Crippen molar-refractivity contribution in [3.63, 3.8) is 0 Å². The molecule has 26 heavy (non-hydrogen) atoms. The number of ether oxygens (including phenoxy) is 1. The Kier molecular flexibility index (Phi) is 5.95. The minimum absolute atomic E-state index is 0.00263. The number of thiophene rings is 1. The van der Waals surface area contributed by atoms with Crippen LogP contribution in [0, 0.1) is 0 Å². The van der Waals surface area contributed by atoms with Crippen LogP contribution in [0.3, 0.4) is 0 Å². The summed E-state index contributed by atoms with van der Waals surface area (Å²) < 4.78 is 4.97. The minimum atomic E-state index is -0.0485. The first kappa shape index (κ1) is 18.5. The van der Waals surface area contributed by atoms with E-state index in [1.807, 2.05) is 17.0 Å². The molecule has 1 saturated heterocycles. The van der Waals surface area contributed by atoms with Gasteiger partial charge in [0.25, 0.3) is 5.91 Å². The van der Waals surface area contributed by atoms with E-state index >= 15 is 0 Å². The zero-order chi connectivity index (χ0) is 18.5. The highest BCUT2D eigenvalue weighted by Crippen LogP contribution is 2.36. The Labute approximate surface area is 156 Å². The van der Waals surface area contributed by atoms with Gasteiger partial charge in [-0.2, -0.15) is 0 Å². The van der Waals surface area contributed by atoms with E-state index in [0.29, 0.717) is 11.4 Å². The van der Waals surface area contributed by atoms with E-state index in [-0.39, 0.29) is 24.5 Å². The molecule has 0 unspecified atom stereocenters. The maximum atomic E-state index is 12.7. The lowest BCUT2D eigenvalue weighted by Crippen LogP contribution is -2.32. The minimum Gasteiger partial charge on any atom is -0.375 e. The third-order valence-corrected chi connectivity index (χ3v) is 5.57. The molecule has 1 fully saturated rings. The number of carbonyl (C=O) groups is 2. The first-order chi connectivity index (χ1) is 12.6. The van der Waals surface area contributed by atoms with Gasteiger partial charge >= 0.3 is 0 Å². The maximum Gasteiger partial charge on any atom is 0.264 e. The summed E-state index contributed by atoms with van der Waals surface area (Å²) in [6, 6.07) is 5.63. The topological polar surface area (TPSA) is 75.6 Å². The molecule has 2 aromatic heterocycles. The molecule has 3 heterocycles. The Hall–Kier alpha value is -2.32. The predicted molar refractivity (Wildman–Crippen MR) is 97.7 cm³/mol. The van der Waals surface area contributed by atoms with Crippen molar-refractivity contribution in [1.82, 2.24) is 19.8 Å². The van der Waals surface area contributed by atoms with Gasteiger partial charge in [0.05, 0.1) is 23.2 Å². The summed E-state index contributed by atoms with van der Waals surface area (Å²) in [5.41, 5.74) is 0.791. The van der Waals surface area contributed by atoms with Gasteiger partial charge < -0.3 is 14.5 Å². The molecule has 1 aliphatic heterocycles. The lowest BCUT2D eigenvalue weighted by Gasteiger charge is -2.23. The molecule has 0 saturated carbocycles. The van der Waals surface area contributed by atoms with E-state index in [4.69, 9.17) is 4.74 Å². The summed E-state index contributed by atoms with van der Waals surface area (Å²) in [5.74, 6) is -0.0511. The molecule has 0 aliphatic carbocycles. The third kappa shape index (κ3) is 4.08. The van der Waals surface area contributed by atoms with Crippen molar-refractivity contribution in [2.75, 3.05) is 27.3 Å². The molecule has 3 rings (SSSR count). The number of amides is 2. The zero-order valence-electron chi connectivity index (χ0n) is 14.9. The molecule has 7 nitrogen and oxygen atoms in total. The Morgan fingerprint density at radius 2 is 2.23 bits per heavy atom. The molecule has 0 spiro atoms. The summed E-state index contributed by atoms with van der Waals surface area (Å²) in [5, 5.41) is 0. The van der Waals surface area contributed by atoms with Crippen LogP contribution < -0.4 is 0 Å². The van der Waals surface area contributed by atoms with Gasteiger partial charge in [-0.05, 0) is 31.0 Å². The summed E-state index contributed by atoms with van der Waals surface area (Å²) in [6.45, 7) is 1.26. The number of methoxy groups -OCH3 is 1. The van der Waals surface area contributed by atoms with Crippen LogP contribution in [-0.4, -0.2) is 58.9 Å². The molecular weight excluding hydrogens is 352 g/mol. The largest absolute Gasteiger partial charge is 0.375 e. The maximum absolute atomic E-state index is 12.7. The van der Waals surface area contributed by atoms with Crippen molar-refractivity contribution in [2.45, 2.75) is 25.4 Å². The fourth-order valence-electron chi connectivity index (χ4n) is 3.13. The van der Waals surface area contributed by atoms with Crippen molar-refractivity contribution in [3.05, 3.63) is 46.2 Å². The Morgan fingerprint density at radius 3 is 2.96 bits per heavy atom. The van der Waals surface area contributed by atoms with Crippen molar-refractivity contribution >= 4 is 23.2 Å². The molecule has 8 heteroatoms. The van der Waals surface area contributed by atoms with Gasteiger partial charge in [0.2, 0.25) is 5.91 Å². The average molecular weight is 374 g/mol. The van der Waals surface area contributed by atoms with E-state index in [2.05, 4.69) is 9.97 Å². The fraction of sp³-hybridized carbons (Fsp3) is 0.444. The normalized spacial score (nSPS) is 16.7. The van der Waals surface area contributed by atoms with Crippen molar-refractivity contribution in [1.29, 1.82) is 0 Å². The molecule has 0 aromatic carbocycles. The van der Waals surface area contributed by atoms with Gasteiger partial charge in [-0.25, -0.2) is 9.97 Å². The lowest BCUT2D eigenvalue weighted by molar-refractivity contribution is -0.136. The monoisotopic (exact) mass is 374 g/mol. The number of rotatable bonds is 6. The van der Waals surface area contributed by atoms with Gasteiger partial charge in [0.1, 0.15) is 12.9 Å². The molecule has 2 aromatic rings. The number of carbonyl (C=O) groups excluding carboxylic acids is 2. The average Bonchev–Trinajstić information content (AvgIpc) is 3.31. The molecule has 2 amide bonds. The first-order valence-corrected chi connectivity index (χ1v) is 9.30. The Balaban J connectivity index is 1.68.